The topological polar surface area (TPSA) is 57.2 Å². The fourth-order valence-electron chi connectivity index (χ4n) is 5.50. The van der Waals surface area contributed by atoms with E-state index < -0.39 is 0 Å². The number of carbonyl (C=O) groups excluding carboxylic acids is 1. The number of hydrogen-bond donors (Lipinski definition) is 0. The van der Waals surface area contributed by atoms with Gasteiger partial charge in [-0.25, -0.2) is 0 Å². The van der Waals surface area contributed by atoms with E-state index in [0.717, 1.165) is 38.8 Å². The smallest absolute Gasteiger partial charge is 0.305 e. The molecule has 0 saturated heterocycles. The quantitative estimate of drug-likeness (QED) is 0.131. The Hall–Kier alpha value is -2.25. The van der Waals surface area contributed by atoms with Gasteiger partial charge in [-0.3, -0.25) is 9.69 Å². The minimum absolute atomic E-state index is 0.0128. The number of carbonyl (C=O) groups is 1. The van der Waals surface area contributed by atoms with Crippen LogP contribution in [0, 0.1) is 0 Å². The Morgan fingerprint density at radius 1 is 0.775 bits per heavy atom. The van der Waals surface area contributed by atoms with Gasteiger partial charge < -0.3 is 18.9 Å². The first-order chi connectivity index (χ1) is 19.6. The molecule has 0 spiro atoms. The molecule has 1 aliphatic carbocycles. The second-order valence-electron chi connectivity index (χ2n) is 10.9. The first-order valence-corrected chi connectivity index (χ1v) is 15.4. The van der Waals surface area contributed by atoms with Crippen molar-refractivity contribution >= 4 is 5.97 Å². The van der Waals surface area contributed by atoms with Crippen molar-refractivity contribution in [3.8, 4) is 0 Å². The number of hydrogen-bond acceptors (Lipinski definition) is 6. The molecule has 0 bridgehead atoms. The van der Waals surface area contributed by atoms with Crippen LogP contribution in [0.3, 0.4) is 0 Å². The molecule has 0 amide bonds. The monoisotopic (exact) mass is 553 g/mol. The van der Waals surface area contributed by atoms with Crippen LogP contribution in [0.1, 0.15) is 82.8 Å². The molecule has 0 radical (unpaired) electrons. The third-order valence-corrected chi connectivity index (χ3v) is 7.68. The average molecular weight is 554 g/mol. The van der Waals surface area contributed by atoms with Gasteiger partial charge in [0.05, 0.1) is 38.1 Å². The van der Waals surface area contributed by atoms with Crippen molar-refractivity contribution in [2.45, 2.75) is 109 Å². The van der Waals surface area contributed by atoms with E-state index in [9.17, 15) is 4.79 Å². The summed E-state index contributed by atoms with van der Waals surface area (Å²) in [5.41, 5.74) is 2.33. The molecule has 0 heterocycles. The van der Waals surface area contributed by atoms with Gasteiger partial charge in [-0.2, -0.15) is 0 Å². The van der Waals surface area contributed by atoms with E-state index in [1.807, 2.05) is 19.1 Å². The Morgan fingerprint density at radius 2 is 1.40 bits per heavy atom. The minimum atomic E-state index is -0.117. The number of ether oxygens (including phenoxy) is 4. The molecule has 0 aromatic heterocycles. The second kappa shape index (κ2) is 19.0. The van der Waals surface area contributed by atoms with Gasteiger partial charge in [0.1, 0.15) is 6.10 Å². The zero-order valence-corrected chi connectivity index (χ0v) is 25.0. The molecule has 3 rings (SSSR count). The first-order valence-electron chi connectivity index (χ1n) is 15.4. The summed E-state index contributed by atoms with van der Waals surface area (Å²) in [7, 11) is 2.16. The summed E-state index contributed by atoms with van der Waals surface area (Å²) in [6, 6.07) is 20.8. The van der Waals surface area contributed by atoms with E-state index in [2.05, 4.69) is 67.4 Å². The first kappa shape index (κ1) is 32.3. The predicted molar refractivity (Wildman–Crippen MR) is 160 cm³/mol. The number of nitrogens with zero attached hydrogens (tertiary/aromatic N) is 1. The van der Waals surface area contributed by atoms with Crippen LogP contribution >= 0.6 is 0 Å². The zero-order chi connectivity index (χ0) is 28.4. The van der Waals surface area contributed by atoms with Crippen molar-refractivity contribution in [1.82, 2.24) is 4.90 Å². The van der Waals surface area contributed by atoms with E-state index in [-0.39, 0.29) is 30.3 Å². The third kappa shape index (κ3) is 11.3. The van der Waals surface area contributed by atoms with Crippen molar-refractivity contribution in [3.63, 3.8) is 0 Å². The molecule has 6 nitrogen and oxygen atoms in total. The van der Waals surface area contributed by atoms with Crippen LogP contribution < -0.4 is 0 Å². The molecule has 4 atom stereocenters. The molecule has 6 heteroatoms. The van der Waals surface area contributed by atoms with E-state index in [4.69, 9.17) is 18.9 Å². The highest BCUT2D eigenvalue weighted by Gasteiger charge is 2.47. The number of esters is 1. The lowest BCUT2D eigenvalue weighted by Gasteiger charge is -2.34. The lowest BCUT2D eigenvalue weighted by molar-refractivity contribution is -0.143. The molecule has 40 heavy (non-hydrogen) atoms. The normalized spacial score (nSPS) is 20.7. The molecule has 1 fully saturated rings. The maximum Gasteiger partial charge on any atom is 0.305 e. The Kier molecular flexibility index (Phi) is 15.3. The highest BCUT2D eigenvalue weighted by molar-refractivity contribution is 5.69. The zero-order valence-electron chi connectivity index (χ0n) is 25.0. The fourth-order valence-corrected chi connectivity index (χ4v) is 5.50. The van der Waals surface area contributed by atoms with E-state index in [1.165, 1.54) is 36.8 Å². The van der Waals surface area contributed by atoms with Gasteiger partial charge >= 0.3 is 5.97 Å². The molecule has 1 saturated carbocycles. The highest BCUT2D eigenvalue weighted by Crippen LogP contribution is 2.33. The van der Waals surface area contributed by atoms with Crippen LogP contribution in [0.2, 0.25) is 0 Å². The third-order valence-electron chi connectivity index (χ3n) is 7.68. The summed E-state index contributed by atoms with van der Waals surface area (Å²) in [5, 5.41) is 0. The maximum atomic E-state index is 11.8. The molecule has 0 aliphatic heterocycles. The van der Waals surface area contributed by atoms with Crippen LogP contribution in [0.4, 0.5) is 0 Å². The summed E-state index contributed by atoms with van der Waals surface area (Å²) in [5.74, 6) is -0.117. The number of likely N-dealkylation sites (N-methyl/N-ethyl adjacent to an activating group) is 1. The SMILES string of the molecule is CCCCCCCOC1C(OCc2ccccc2)CC(OCc2ccccc2)C1N(C)CCCCC(=O)OCC. The predicted octanol–water partition coefficient (Wildman–Crippen LogP) is 6.95. The molecule has 222 valence electrons. The average Bonchev–Trinajstić information content (AvgIpc) is 3.33. The van der Waals surface area contributed by atoms with Crippen LogP contribution in [0.5, 0.6) is 0 Å². The largest absolute Gasteiger partial charge is 0.466 e. The van der Waals surface area contributed by atoms with Crippen molar-refractivity contribution in [2.75, 3.05) is 26.8 Å². The summed E-state index contributed by atoms with van der Waals surface area (Å²) in [6.45, 7) is 7.24. The van der Waals surface area contributed by atoms with E-state index >= 15 is 0 Å². The van der Waals surface area contributed by atoms with E-state index in [1.54, 1.807) is 0 Å². The van der Waals surface area contributed by atoms with Gasteiger partial charge in [0, 0.05) is 19.4 Å². The summed E-state index contributed by atoms with van der Waals surface area (Å²) < 4.78 is 24.9. The Bertz CT molecular complexity index is 924. The second-order valence-corrected chi connectivity index (χ2v) is 10.9. The van der Waals surface area contributed by atoms with Gasteiger partial charge in [-0.15, -0.1) is 0 Å². The summed E-state index contributed by atoms with van der Waals surface area (Å²) in [6.07, 6.45) is 8.85. The minimum Gasteiger partial charge on any atom is -0.466 e. The van der Waals surface area contributed by atoms with E-state index in [0.29, 0.717) is 26.2 Å². The molecule has 2 aromatic rings. The molecule has 2 aromatic carbocycles. The van der Waals surface area contributed by atoms with Crippen molar-refractivity contribution in [2.24, 2.45) is 0 Å². The molecule has 1 aliphatic rings. The van der Waals surface area contributed by atoms with Crippen LogP contribution in [-0.2, 0) is 37.0 Å². The van der Waals surface area contributed by atoms with Gasteiger partial charge in [-0.05, 0) is 50.9 Å². The van der Waals surface area contributed by atoms with Crippen molar-refractivity contribution < 1.29 is 23.7 Å². The van der Waals surface area contributed by atoms with Crippen LogP contribution in [0.25, 0.3) is 0 Å². The number of benzene rings is 2. The Balaban J connectivity index is 1.69. The lowest BCUT2D eigenvalue weighted by Crippen LogP contribution is -2.48. The molecular weight excluding hydrogens is 502 g/mol. The molecule has 0 N–H and O–H groups in total. The van der Waals surface area contributed by atoms with Gasteiger partial charge in [-0.1, -0.05) is 93.3 Å². The number of unbranched alkanes of at least 4 members (excludes halogenated alkanes) is 5. The van der Waals surface area contributed by atoms with Gasteiger partial charge in [0.15, 0.2) is 0 Å². The number of rotatable bonds is 20. The van der Waals surface area contributed by atoms with Gasteiger partial charge in [0.25, 0.3) is 0 Å². The van der Waals surface area contributed by atoms with Crippen molar-refractivity contribution in [1.29, 1.82) is 0 Å². The Labute approximate surface area is 242 Å². The molecular formula is C34H51NO5. The van der Waals surface area contributed by atoms with Crippen LogP contribution in [-0.4, -0.2) is 62.0 Å². The van der Waals surface area contributed by atoms with Gasteiger partial charge in [0.2, 0.25) is 0 Å². The van der Waals surface area contributed by atoms with Crippen LogP contribution in [0.15, 0.2) is 60.7 Å². The standard InChI is InChI=1S/C34H51NO5/c1-4-6-7-8-17-24-38-34-31(40-27-29-20-13-10-14-21-29)25-30(39-26-28-18-11-9-12-19-28)33(34)35(3)23-16-15-22-32(36)37-5-2/h9-14,18-21,30-31,33-34H,4-8,15-17,22-27H2,1-3H3. The highest BCUT2D eigenvalue weighted by atomic mass is 16.6. The fraction of sp³-hybridized carbons (Fsp3) is 0.618. The van der Waals surface area contributed by atoms with Crippen molar-refractivity contribution in [3.05, 3.63) is 71.8 Å². The Morgan fingerprint density at radius 3 is 2.02 bits per heavy atom. The lowest BCUT2D eigenvalue weighted by atomic mass is 10.1. The summed E-state index contributed by atoms with van der Waals surface area (Å²) >= 11 is 0. The maximum absolute atomic E-state index is 11.8. The molecule has 4 unspecified atom stereocenters. The summed E-state index contributed by atoms with van der Waals surface area (Å²) in [4.78, 5) is 14.2.